The van der Waals surface area contributed by atoms with E-state index in [4.69, 9.17) is 11.6 Å². The summed E-state index contributed by atoms with van der Waals surface area (Å²) in [4.78, 5) is 27.8. The fourth-order valence-electron chi connectivity index (χ4n) is 3.28. The van der Waals surface area contributed by atoms with E-state index in [2.05, 4.69) is 12.2 Å². The van der Waals surface area contributed by atoms with Gasteiger partial charge in [0.1, 0.15) is 6.04 Å². The number of carbonyl (C=O) groups excluding carboxylic acids is 2. The molecular weight excluding hydrogens is 384 g/mol. The second-order valence-electron chi connectivity index (χ2n) is 7.32. The number of amides is 2. The van der Waals surface area contributed by atoms with Crippen molar-refractivity contribution in [3.63, 3.8) is 0 Å². The van der Waals surface area contributed by atoms with Crippen molar-refractivity contribution in [1.29, 1.82) is 0 Å². The van der Waals surface area contributed by atoms with E-state index in [1.165, 1.54) is 0 Å². The van der Waals surface area contributed by atoms with Crippen LogP contribution in [0.5, 0.6) is 0 Å². The lowest BCUT2D eigenvalue weighted by atomic mass is 10.0. The molecule has 0 aliphatic heterocycles. The van der Waals surface area contributed by atoms with E-state index >= 15 is 0 Å². The number of rotatable bonds is 10. The quantitative estimate of drug-likeness (QED) is 0.561. The third-order valence-corrected chi connectivity index (χ3v) is 5.34. The minimum Gasteiger partial charge on any atom is -0.354 e. The molecule has 0 heterocycles. The Kier molecular flexibility index (Phi) is 9.20. The first-order valence-corrected chi connectivity index (χ1v) is 10.7. The summed E-state index contributed by atoms with van der Waals surface area (Å²) in [5, 5.41) is 3.63. The maximum Gasteiger partial charge on any atom is 0.242 e. The Bertz CT molecular complexity index is 805. The molecule has 156 valence electrons. The summed E-state index contributed by atoms with van der Waals surface area (Å²) in [6, 6.07) is 14.8. The number of nitrogens with one attached hydrogen (secondary N) is 1. The molecule has 1 atom stereocenters. The Morgan fingerprint density at radius 1 is 1.07 bits per heavy atom. The summed E-state index contributed by atoms with van der Waals surface area (Å²) in [5.74, 6) is -0.146. The van der Waals surface area contributed by atoms with Gasteiger partial charge < -0.3 is 10.2 Å². The molecule has 0 bridgehead atoms. The van der Waals surface area contributed by atoms with Crippen LogP contribution in [0.25, 0.3) is 0 Å². The first kappa shape index (κ1) is 23.0. The Labute approximate surface area is 179 Å². The first-order chi connectivity index (χ1) is 14.0. The van der Waals surface area contributed by atoms with Crippen LogP contribution in [0.15, 0.2) is 48.5 Å². The zero-order chi connectivity index (χ0) is 21.2. The van der Waals surface area contributed by atoms with Crippen molar-refractivity contribution in [3.8, 4) is 0 Å². The van der Waals surface area contributed by atoms with E-state index in [0.717, 1.165) is 29.5 Å². The predicted octanol–water partition coefficient (Wildman–Crippen LogP) is 4.91. The Hall–Kier alpha value is -2.33. The molecule has 2 aromatic carbocycles. The second kappa shape index (κ2) is 11.6. The van der Waals surface area contributed by atoms with E-state index in [-0.39, 0.29) is 18.2 Å². The molecule has 2 amide bonds. The standard InChI is InChI=1S/C24H31ClN2O2/c1-4-6-15-26-24(29)22(5-2)27(17-20-10-8-7-9-18(20)3)23(28)16-19-11-13-21(25)14-12-19/h7-14,22H,4-6,15-17H2,1-3H3,(H,26,29)/t22-/m1/s1. The van der Waals surface area contributed by atoms with Gasteiger partial charge in [-0.15, -0.1) is 0 Å². The number of aryl methyl sites for hydroxylation is 1. The van der Waals surface area contributed by atoms with Gasteiger partial charge in [-0.2, -0.15) is 0 Å². The number of hydrogen-bond acceptors (Lipinski definition) is 2. The van der Waals surface area contributed by atoms with Gasteiger partial charge in [-0.05, 0) is 48.6 Å². The van der Waals surface area contributed by atoms with Crippen LogP contribution in [0, 0.1) is 6.92 Å². The maximum atomic E-state index is 13.3. The third-order valence-electron chi connectivity index (χ3n) is 5.09. The van der Waals surface area contributed by atoms with Crippen LogP contribution in [0.2, 0.25) is 5.02 Å². The van der Waals surface area contributed by atoms with Gasteiger partial charge >= 0.3 is 0 Å². The van der Waals surface area contributed by atoms with Crippen LogP contribution in [0.3, 0.4) is 0 Å². The van der Waals surface area contributed by atoms with E-state index in [9.17, 15) is 9.59 Å². The largest absolute Gasteiger partial charge is 0.354 e. The highest BCUT2D eigenvalue weighted by atomic mass is 35.5. The number of carbonyl (C=O) groups is 2. The number of halogens is 1. The van der Waals surface area contributed by atoms with Crippen LogP contribution in [0.4, 0.5) is 0 Å². The van der Waals surface area contributed by atoms with Crippen molar-refractivity contribution in [1.82, 2.24) is 10.2 Å². The van der Waals surface area contributed by atoms with Crippen molar-refractivity contribution in [2.24, 2.45) is 0 Å². The van der Waals surface area contributed by atoms with Crippen LogP contribution < -0.4 is 5.32 Å². The Morgan fingerprint density at radius 2 is 1.76 bits per heavy atom. The Morgan fingerprint density at radius 3 is 2.38 bits per heavy atom. The summed E-state index contributed by atoms with van der Waals surface area (Å²) in [6.45, 7) is 7.11. The van der Waals surface area contributed by atoms with E-state index in [1.807, 2.05) is 50.2 Å². The molecule has 0 spiro atoms. The van der Waals surface area contributed by atoms with Gasteiger partial charge in [-0.1, -0.05) is 68.3 Å². The van der Waals surface area contributed by atoms with Gasteiger partial charge in [0.15, 0.2) is 0 Å². The molecule has 0 aliphatic carbocycles. The Balaban J connectivity index is 2.25. The van der Waals surface area contributed by atoms with Gasteiger partial charge in [0.05, 0.1) is 6.42 Å². The molecule has 4 nitrogen and oxygen atoms in total. The molecule has 2 rings (SSSR count). The molecule has 5 heteroatoms. The van der Waals surface area contributed by atoms with Crippen LogP contribution in [-0.2, 0) is 22.6 Å². The fourth-order valence-corrected chi connectivity index (χ4v) is 3.40. The van der Waals surface area contributed by atoms with Gasteiger partial charge in [0.25, 0.3) is 0 Å². The van der Waals surface area contributed by atoms with Crippen molar-refractivity contribution in [3.05, 3.63) is 70.2 Å². The minimum absolute atomic E-state index is 0.0620. The monoisotopic (exact) mass is 414 g/mol. The van der Waals surface area contributed by atoms with Gasteiger partial charge in [-0.3, -0.25) is 9.59 Å². The van der Waals surface area contributed by atoms with E-state index in [1.54, 1.807) is 17.0 Å². The van der Waals surface area contributed by atoms with Crippen LogP contribution in [-0.4, -0.2) is 29.3 Å². The summed E-state index contributed by atoms with van der Waals surface area (Å²) in [6.07, 6.45) is 2.75. The molecule has 0 unspecified atom stereocenters. The summed E-state index contributed by atoms with van der Waals surface area (Å²) in [5.41, 5.74) is 3.05. The SMILES string of the molecule is CCCCNC(=O)[C@@H](CC)N(Cc1ccccc1C)C(=O)Cc1ccc(Cl)cc1. The summed E-state index contributed by atoms with van der Waals surface area (Å²) in [7, 11) is 0. The number of unbranched alkanes of at least 4 members (excludes halogenated alkanes) is 1. The van der Waals surface area contributed by atoms with Crippen molar-refractivity contribution in [2.45, 2.75) is 59.0 Å². The lowest BCUT2D eigenvalue weighted by Gasteiger charge is -2.31. The fraction of sp³-hybridized carbons (Fsp3) is 0.417. The number of hydrogen-bond donors (Lipinski definition) is 1. The molecule has 0 radical (unpaired) electrons. The molecule has 0 aromatic heterocycles. The highest BCUT2D eigenvalue weighted by Crippen LogP contribution is 2.18. The first-order valence-electron chi connectivity index (χ1n) is 10.3. The molecule has 2 aromatic rings. The number of benzene rings is 2. The topological polar surface area (TPSA) is 49.4 Å². The molecule has 0 aliphatic rings. The zero-order valence-electron chi connectivity index (χ0n) is 17.6. The molecular formula is C24H31ClN2O2. The van der Waals surface area contributed by atoms with Crippen molar-refractivity contribution >= 4 is 23.4 Å². The molecule has 0 fully saturated rings. The van der Waals surface area contributed by atoms with E-state index < -0.39 is 6.04 Å². The van der Waals surface area contributed by atoms with Gasteiger partial charge in [0, 0.05) is 18.1 Å². The van der Waals surface area contributed by atoms with Crippen molar-refractivity contribution in [2.75, 3.05) is 6.54 Å². The van der Waals surface area contributed by atoms with Gasteiger partial charge in [0.2, 0.25) is 11.8 Å². The molecule has 1 N–H and O–H groups in total. The van der Waals surface area contributed by atoms with Gasteiger partial charge in [-0.25, -0.2) is 0 Å². The zero-order valence-corrected chi connectivity index (χ0v) is 18.3. The van der Waals surface area contributed by atoms with Crippen molar-refractivity contribution < 1.29 is 9.59 Å². The average Bonchev–Trinajstić information content (AvgIpc) is 2.71. The molecule has 0 saturated heterocycles. The summed E-state index contributed by atoms with van der Waals surface area (Å²) < 4.78 is 0. The maximum absolute atomic E-state index is 13.3. The van der Waals surface area contributed by atoms with Crippen LogP contribution >= 0.6 is 11.6 Å². The average molecular weight is 415 g/mol. The highest BCUT2D eigenvalue weighted by molar-refractivity contribution is 6.30. The van der Waals surface area contributed by atoms with E-state index in [0.29, 0.717) is 24.5 Å². The lowest BCUT2D eigenvalue weighted by molar-refractivity contribution is -0.140. The second-order valence-corrected chi connectivity index (χ2v) is 7.76. The van der Waals surface area contributed by atoms with Crippen LogP contribution in [0.1, 0.15) is 49.8 Å². The minimum atomic E-state index is -0.494. The third kappa shape index (κ3) is 6.90. The number of nitrogens with zero attached hydrogens (tertiary/aromatic N) is 1. The normalized spacial score (nSPS) is 11.7. The molecule has 0 saturated carbocycles. The predicted molar refractivity (Wildman–Crippen MR) is 119 cm³/mol. The lowest BCUT2D eigenvalue weighted by Crippen LogP contribution is -2.49. The smallest absolute Gasteiger partial charge is 0.242 e. The summed E-state index contributed by atoms with van der Waals surface area (Å²) >= 11 is 5.96. The molecule has 29 heavy (non-hydrogen) atoms. The highest BCUT2D eigenvalue weighted by Gasteiger charge is 2.28.